The average Bonchev–Trinajstić information content (AvgIpc) is 2.33. The molecule has 0 aliphatic carbocycles. The molecule has 4 nitrogen and oxygen atoms in total. The fraction of sp³-hybridized carbons (Fsp3) is 1.00. The molecule has 0 aromatic carbocycles. The van der Waals surface area contributed by atoms with Gasteiger partial charge in [-0.05, 0) is 6.26 Å². The van der Waals surface area contributed by atoms with Gasteiger partial charge in [-0.2, -0.15) is 11.8 Å². The largest absolute Gasteiger partial charge is 0.387 e. The van der Waals surface area contributed by atoms with Crippen molar-refractivity contribution in [3.8, 4) is 0 Å². The van der Waals surface area contributed by atoms with Crippen molar-refractivity contribution in [2.45, 2.75) is 24.6 Å². The molecular weight excluding hydrogens is 180 g/mol. The fourth-order valence-corrected chi connectivity index (χ4v) is 1.82. The van der Waals surface area contributed by atoms with Gasteiger partial charge >= 0.3 is 0 Å². The molecule has 72 valence electrons. The Morgan fingerprint density at radius 1 is 1.42 bits per heavy atom. The lowest BCUT2D eigenvalue weighted by Gasteiger charge is -2.11. The van der Waals surface area contributed by atoms with E-state index in [4.69, 9.17) is 9.47 Å². The van der Waals surface area contributed by atoms with Crippen LogP contribution in [0.25, 0.3) is 0 Å². The maximum absolute atomic E-state index is 9.42. The van der Waals surface area contributed by atoms with Gasteiger partial charge in [0.05, 0.1) is 6.10 Å². The van der Waals surface area contributed by atoms with Crippen molar-refractivity contribution >= 4 is 11.8 Å². The molecule has 0 saturated carbocycles. The normalized spacial score (nSPS) is 42.0. The zero-order valence-electron chi connectivity index (χ0n) is 7.14. The molecule has 0 aromatic heterocycles. The summed E-state index contributed by atoms with van der Waals surface area (Å²) in [6.07, 6.45) is -0.838. The number of hydrogen-bond donors (Lipinski definition) is 2. The minimum absolute atomic E-state index is 0.319. The lowest BCUT2D eigenvalue weighted by atomic mass is 10.2. The van der Waals surface area contributed by atoms with E-state index in [1.807, 2.05) is 6.26 Å². The van der Waals surface area contributed by atoms with E-state index in [2.05, 4.69) is 0 Å². The van der Waals surface area contributed by atoms with Crippen molar-refractivity contribution in [2.75, 3.05) is 19.1 Å². The van der Waals surface area contributed by atoms with Gasteiger partial charge in [0.25, 0.3) is 0 Å². The molecule has 0 unspecified atom stereocenters. The van der Waals surface area contributed by atoms with E-state index in [0.717, 1.165) is 0 Å². The number of hydrogen-bond acceptors (Lipinski definition) is 5. The lowest BCUT2D eigenvalue weighted by molar-refractivity contribution is -0.145. The second-order valence-electron chi connectivity index (χ2n) is 2.72. The van der Waals surface area contributed by atoms with Crippen LogP contribution in [0.15, 0.2) is 0 Å². The summed E-state index contributed by atoms with van der Waals surface area (Å²) in [5.41, 5.74) is 0. The maximum Gasteiger partial charge on any atom is 0.186 e. The first-order valence-corrected chi connectivity index (χ1v) is 5.13. The molecule has 12 heavy (non-hydrogen) atoms. The molecule has 1 aliphatic rings. The quantitative estimate of drug-likeness (QED) is 0.631. The zero-order chi connectivity index (χ0) is 9.14. The van der Waals surface area contributed by atoms with Crippen molar-refractivity contribution in [1.82, 2.24) is 0 Å². The summed E-state index contributed by atoms with van der Waals surface area (Å²) in [5, 5.41) is 18.8. The third-order valence-corrected chi connectivity index (χ3v) is 2.54. The van der Waals surface area contributed by atoms with Crippen LogP contribution in [-0.2, 0) is 9.47 Å². The van der Waals surface area contributed by atoms with E-state index in [1.165, 1.54) is 7.11 Å². The Hall–Kier alpha value is 0.190. The zero-order valence-corrected chi connectivity index (χ0v) is 7.95. The van der Waals surface area contributed by atoms with Gasteiger partial charge < -0.3 is 19.7 Å². The van der Waals surface area contributed by atoms with Crippen molar-refractivity contribution in [3.63, 3.8) is 0 Å². The molecule has 0 bridgehead atoms. The van der Waals surface area contributed by atoms with Gasteiger partial charge in [0.15, 0.2) is 6.29 Å². The highest BCUT2D eigenvalue weighted by Gasteiger charge is 2.42. The van der Waals surface area contributed by atoms with Gasteiger partial charge in [-0.15, -0.1) is 0 Å². The van der Waals surface area contributed by atoms with E-state index in [0.29, 0.717) is 5.75 Å². The van der Waals surface area contributed by atoms with Crippen molar-refractivity contribution < 1.29 is 19.7 Å². The number of ether oxygens (including phenoxy) is 2. The van der Waals surface area contributed by atoms with Crippen LogP contribution in [0, 0.1) is 0 Å². The maximum atomic E-state index is 9.42. The van der Waals surface area contributed by atoms with Crippen molar-refractivity contribution in [3.05, 3.63) is 0 Å². The van der Waals surface area contributed by atoms with Gasteiger partial charge in [-0.25, -0.2) is 0 Å². The Balaban J connectivity index is 2.48. The number of methoxy groups -OCH3 is 1. The van der Waals surface area contributed by atoms with Gasteiger partial charge in [0, 0.05) is 12.9 Å². The van der Waals surface area contributed by atoms with Crippen LogP contribution in [0.3, 0.4) is 0 Å². The second kappa shape index (κ2) is 4.43. The minimum Gasteiger partial charge on any atom is -0.387 e. The first-order chi connectivity index (χ1) is 5.70. The average molecular weight is 194 g/mol. The van der Waals surface area contributed by atoms with E-state index >= 15 is 0 Å². The predicted octanol–water partition coefficient (Wildman–Crippen LogP) is -0.557. The van der Waals surface area contributed by atoms with Gasteiger partial charge in [0.2, 0.25) is 0 Å². The van der Waals surface area contributed by atoms with Crippen LogP contribution in [0.1, 0.15) is 0 Å². The molecule has 4 atom stereocenters. The lowest BCUT2D eigenvalue weighted by Crippen LogP contribution is -2.33. The topological polar surface area (TPSA) is 58.9 Å². The summed E-state index contributed by atoms with van der Waals surface area (Å²) >= 11 is 1.57. The summed E-state index contributed by atoms with van der Waals surface area (Å²) in [6, 6.07) is 0. The van der Waals surface area contributed by atoms with Crippen LogP contribution >= 0.6 is 11.8 Å². The molecule has 5 heteroatoms. The number of thioether (sulfide) groups is 1. The standard InChI is InChI=1S/C7H14O4S/c1-10-7-6(9)5(8)4(11-7)3-12-2/h4-9H,3H2,1-2H3/t4-,5+,6+,7+/m1/s1. The van der Waals surface area contributed by atoms with Crippen LogP contribution in [0.2, 0.25) is 0 Å². The highest BCUT2D eigenvalue weighted by Crippen LogP contribution is 2.23. The smallest absolute Gasteiger partial charge is 0.186 e. The molecule has 1 rings (SSSR count). The van der Waals surface area contributed by atoms with Crippen LogP contribution in [0.5, 0.6) is 0 Å². The summed E-state index contributed by atoms with van der Waals surface area (Å²) in [4.78, 5) is 0. The van der Waals surface area contributed by atoms with E-state index in [9.17, 15) is 10.2 Å². The van der Waals surface area contributed by atoms with Crippen molar-refractivity contribution in [1.29, 1.82) is 0 Å². The summed E-state index contributed by atoms with van der Waals surface area (Å²) < 4.78 is 10.1. The summed E-state index contributed by atoms with van der Waals surface area (Å²) in [7, 11) is 1.45. The van der Waals surface area contributed by atoms with Crippen LogP contribution in [-0.4, -0.2) is 53.9 Å². The fourth-order valence-electron chi connectivity index (χ4n) is 1.21. The Bertz CT molecular complexity index is 143. The molecule has 2 N–H and O–H groups in total. The van der Waals surface area contributed by atoms with E-state index in [1.54, 1.807) is 11.8 Å². The molecule has 0 amide bonds. The minimum atomic E-state index is -0.924. The Kier molecular flexibility index (Phi) is 3.79. The molecule has 0 spiro atoms. The first-order valence-electron chi connectivity index (χ1n) is 3.74. The molecule has 0 radical (unpaired) electrons. The van der Waals surface area contributed by atoms with Crippen LogP contribution < -0.4 is 0 Å². The van der Waals surface area contributed by atoms with E-state index < -0.39 is 18.5 Å². The van der Waals surface area contributed by atoms with Gasteiger partial charge in [0.1, 0.15) is 12.2 Å². The third-order valence-electron chi connectivity index (χ3n) is 1.88. The van der Waals surface area contributed by atoms with Gasteiger partial charge in [-0.1, -0.05) is 0 Å². The Morgan fingerprint density at radius 3 is 2.50 bits per heavy atom. The SMILES string of the molecule is CO[C@H]1O[C@H](CSC)[C@H](O)[C@@H]1O. The molecule has 0 aromatic rings. The molecule has 1 saturated heterocycles. The highest BCUT2D eigenvalue weighted by atomic mass is 32.2. The number of aliphatic hydroxyl groups is 2. The van der Waals surface area contributed by atoms with Gasteiger partial charge in [-0.3, -0.25) is 0 Å². The summed E-state index contributed by atoms with van der Waals surface area (Å²) in [6.45, 7) is 0. The Labute approximate surface area is 75.9 Å². The van der Waals surface area contributed by atoms with Crippen LogP contribution in [0.4, 0.5) is 0 Å². The second-order valence-corrected chi connectivity index (χ2v) is 3.63. The Morgan fingerprint density at radius 2 is 2.08 bits per heavy atom. The molecular formula is C7H14O4S. The summed E-state index contributed by atoms with van der Waals surface area (Å²) in [5.74, 6) is 0.665. The first kappa shape index (κ1) is 10.3. The number of aliphatic hydroxyl groups excluding tert-OH is 2. The monoisotopic (exact) mass is 194 g/mol. The third kappa shape index (κ3) is 1.92. The molecule has 1 heterocycles. The van der Waals surface area contributed by atoms with E-state index in [-0.39, 0.29) is 6.10 Å². The highest BCUT2D eigenvalue weighted by molar-refractivity contribution is 7.98. The number of rotatable bonds is 3. The predicted molar refractivity (Wildman–Crippen MR) is 46.1 cm³/mol. The van der Waals surface area contributed by atoms with Crippen molar-refractivity contribution in [2.24, 2.45) is 0 Å². The molecule has 1 aliphatic heterocycles. The molecule has 1 fully saturated rings.